The van der Waals surface area contributed by atoms with E-state index in [1.54, 1.807) is 0 Å². The van der Waals surface area contributed by atoms with Crippen molar-refractivity contribution in [3.63, 3.8) is 0 Å². The average Bonchev–Trinajstić information content (AvgIpc) is 2.56. The summed E-state index contributed by atoms with van der Waals surface area (Å²) in [5.41, 5.74) is 9.42. The van der Waals surface area contributed by atoms with Crippen LogP contribution in [0, 0.1) is 0 Å². The highest BCUT2D eigenvalue weighted by molar-refractivity contribution is 5.50. The van der Waals surface area contributed by atoms with E-state index in [9.17, 15) is 0 Å². The number of nitrogen functional groups attached to an aromatic ring is 1. The summed E-state index contributed by atoms with van der Waals surface area (Å²) in [4.78, 5) is 15.3. The lowest BCUT2D eigenvalue weighted by atomic mass is 10.1. The molecule has 0 aromatic carbocycles. The molecule has 0 bridgehead atoms. The van der Waals surface area contributed by atoms with Crippen LogP contribution in [-0.2, 0) is 19.5 Å². The minimum absolute atomic E-state index is 0.366. The third kappa shape index (κ3) is 3.96. The predicted molar refractivity (Wildman–Crippen MR) is 91.9 cm³/mol. The third-order valence-corrected chi connectivity index (χ3v) is 4.13. The standard InChI is InChI=1S/C17H24N6/c1-2-3-7-20-16-14-12-23(11-13-4-8-19-9-5-13)10-6-15(14)21-17(18)22-16/h4-5,8-9H,2-3,6-7,10-12H2,1H3,(H3,18,20,21,22). The van der Waals surface area contributed by atoms with Crippen LogP contribution in [-0.4, -0.2) is 32.9 Å². The largest absolute Gasteiger partial charge is 0.370 e. The highest BCUT2D eigenvalue weighted by Gasteiger charge is 2.22. The van der Waals surface area contributed by atoms with Crippen molar-refractivity contribution in [3.05, 3.63) is 41.3 Å². The third-order valence-electron chi connectivity index (χ3n) is 4.13. The van der Waals surface area contributed by atoms with Crippen molar-refractivity contribution in [3.8, 4) is 0 Å². The molecule has 0 amide bonds. The van der Waals surface area contributed by atoms with Crippen molar-refractivity contribution in [2.45, 2.75) is 39.3 Å². The van der Waals surface area contributed by atoms with Gasteiger partial charge in [0, 0.05) is 50.6 Å². The second-order valence-corrected chi connectivity index (χ2v) is 5.95. The van der Waals surface area contributed by atoms with E-state index in [-0.39, 0.29) is 0 Å². The number of fused-ring (bicyclic) bond motifs is 1. The molecule has 0 radical (unpaired) electrons. The average molecular weight is 312 g/mol. The molecule has 3 heterocycles. The number of unbranched alkanes of at least 4 members (excludes halogenated alkanes) is 1. The van der Waals surface area contributed by atoms with Crippen molar-refractivity contribution in [2.75, 3.05) is 24.1 Å². The Balaban J connectivity index is 1.75. The number of nitrogens with one attached hydrogen (secondary N) is 1. The van der Waals surface area contributed by atoms with Crippen molar-refractivity contribution in [2.24, 2.45) is 0 Å². The maximum absolute atomic E-state index is 5.86. The van der Waals surface area contributed by atoms with Crippen LogP contribution in [0.1, 0.15) is 36.6 Å². The first-order valence-corrected chi connectivity index (χ1v) is 8.26. The molecule has 3 rings (SSSR count). The van der Waals surface area contributed by atoms with Gasteiger partial charge in [0.05, 0.1) is 5.69 Å². The molecule has 2 aromatic heterocycles. The van der Waals surface area contributed by atoms with E-state index in [4.69, 9.17) is 5.73 Å². The minimum atomic E-state index is 0.366. The van der Waals surface area contributed by atoms with Crippen LogP contribution in [0.2, 0.25) is 0 Å². The van der Waals surface area contributed by atoms with Crippen LogP contribution in [0.15, 0.2) is 24.5 Å². The molecular formula is C17H24N6. The van der Waals surface area contributed by atoms with Gasteiger partial charge in [0.15, 0.2) is 0 Å². The van der Waals surface area contributed by atoms with Crippen molar-refractivity contribution in [1.29, 1.82) is 0 Å². The Kier molecular flexibility index (Phi) is 5.02. The van der Waals surface area contributed by atoms with Crippen LogP contribution in [0.5, 0.6) is 0 Å². The molecule has 3 N–H and O–H groups in total. The SMILES string of the molecule is CCCCNc1nc(N)nc2c1CN(Cc1ccncc1)CC2. The number of anilines is 2. The van der Waals surface area contributed by atoms with Crippen molar-refractivity contribution >= 4 is 11.8 Å². The second-order valence-electron chi connectivity index (χ2n) is 5.95. The summed E-state index contributed by atoms with van der Waals surface area (Å²) in [6, 6.07) is 4.13. The number of hydrogen-bond donors (Lipinski definition) is 2. The molecule has 0 saturated heterocycles. The van der Waals surface area contributed by atoms with Gasteiger partial charge in [0.2, 0.25) is 5.95 Å². The van der Waals surface area contributed by atoms with Crippen molar-refractivity contribution < 1.29 is 0 Å². The number of aromatic nitrogens is 3. The Hall–Kier alpha value is -2.21. The van der Waals surface area contributed by atoms with Crippen LogP contribution >= 0.6 is 0 Å². The zero-order valence-corrected chi connectivity index (χ0v) is 13.6. The summed E-state index contributed by atoms with van der Waals surface area (Å²) in [6.07, 6.45) is 6.88. The molecule has 0 fully saturated rings. The molecular weight excluding hydrogens is 288 g/mol. The molecule has 0 saturated carbocycles. The van der Waals surface area contributed by atoms with Crippen molar-refractivity contribution in [1.82, 2.24) is 19.9 Å². The quantitative estimate of drug-likeness (QED) is 0.796. The Morgan fingerprint density at radius 1 is 1.26 bits per heavy atom. The van der Waals surface area contributed by atoms with Crippen LogP contribution in [0.3, 0.4) is 0 Å². The number of rotatable bonds is 6. The van der Waals surface area contributed by atoms with E-state index in [1.165, 1.54) is 11.1 Å². The summed E-state index contributed by atoms with van der Waals surface area (Å²) in [7, 11) is 0. The smallest absolute Gasteiger partial charge is 0.222 e. The molecule has 122 valence electrons. The fourth-order valence-corrected chi connectivity index (χ4v) is 2.90. The maximum Gasteiger partial charge on any atom is 0.222 e. The molecule has 1 aliphatic rings. The lowest BCUT2D eigenvalue weighted by Crippen LogP contribution is -2.32. The Labute approximate surface area is 137 Å². The van der Waals surface area contributed by atoms with Gasteiger partial charge in [-0.25, -0.2) is 4.98 Å². The summed E-state index contributed by atoms with van der Waals surface area (Å²) >= 11 is 0. The Bertz CT molecular complexity index is 643. The monoisotopic (exact) mass is 312 g/mol. The molecule has 0 unspecified atom stereocenters. The lowest BCUT2D eigenvalue weighted by molar-refractivity contribution is 0.243. The minimum Gasteiger partial charge on any atom is -0.370 e. The van der Waals surface area contributed by atoms with Gasteiger partial charge >= 0.3 is 0 Å². The molecule has 6 nitrogen and oxygen atoms in total. The number of nitrogens with two attached hydrogens (primary N) is 1. The van der Waals surface area contributed by atoms with Crippen LogP contribution < -0.4 is 11.1 Å². The Morgan fingerprint density at radius 2 is 2.09 bits per heavy atom. The summed E-state index contributed by atoms with van der Waals surface area (Å²) in [6.45, 7) is 5.86. The first kappa shape index (κ1) is 15.7. The van der Waals surface area contributed by atoms with E-state index in [0.29, 0.717) is 5.95 Å². The first-order chi connectivity index (χ1) is 11.3. The summed E-state index contributed by atoms with van der Waals surface area (Å²) in [5.74, 6) is 1.27. The number of pyridine rings is 1. The fraction of sp³-hybridized carbons (Fsp3) is 0.471. The molecule has 0 aliphatic carbocycles. The van der Waals surface area contributed by atoms with Gasteiger partial charge in [0.1, 0.15) is 5.82 Å². The molecule has 0 spiro atoms. The summed E-state index contributed by atoms with van der Waals surface area (Å²) in [5, 5.41) is 3.43. The van der Waals surface area contributed by atoms with Gasteiger partial charge in [-0.2, -0.15) is 4.98 Å². The van der Waals surface area contributed by atoms with Gasteiger partial charge in [-0.3, -0.25) is 9.88 Å². The summed E-state index contributed by atoms with van der Waals surface area (Å²) < 4.78 is 0. The molecule has 1 aliphatic heterocycles. The number of nitrogens with zero attached hydrogens (tertiary/aromatic N) is 4. The van der Waals surface area contributed by atoms with Gasteiger partial charge in [-0.05, 0) is 24.1 Å². The van der Waals surface area contributed by atoms with Gasteiger partial charge in [-0.1, -0.05) is 13.3 Å². The predicted octanol–water partition coefficient (Wildman–Crippen LogP) is 2.22. The van der Waals surface area contributed by atoms with Gasteiger partial charge in [0.25, 0.3) is 0 Å². The van der Waals surface area contributed by atoms with Gasteiger partial charge in [-0.15, -0.1) is 0 Å². The molecule has 2 aromatic rings. The zero-order valence-electron chi connectivity index (χ0n) is 13.6. The normalized spacial score (nSPS) is 14.5. The van der Waals surface area contributed by atoms with E-state index < -0.39 is 0 Å². The molecule has 23 heavy (non-hydrogen) atoms. The Morgan fingerprint density at radius 3 is 2.87 bits per heavy atom. The lowest BCUT2D eigenvalue weighted by Gasteiger charge is -2.29. The van der Waals surface area contributed by atoms with E-state index in [1.807, 2.05) is 12.4 Å². The number of hydrogen-bond acceptors (Lipinski definition) is 6. The molecule has 6 heteroatoms. The van der Waals surface area contributed by atoms with Crippen LogP contribution in [0.4, 0.5) is 11.8 Å². The maximum atomic E-state index is 5.86. The highest BCUT2D eigenvalue weighted by Crippen LogP contribution is 2.25. The highest BCUT2D eigenvalue weighted by atomic mass is 15.2. The topological polar surface area (TPSA) is 80.0 Å². The van der Waals surface area contributed by atoms with E-state index in [0.717, 1.165) is 57.0 Å². The van der Waals surface area contributed by atoms with Crippen LogP contribution in [0.25, 0.3) is 0 Å². The zero-order chi connectivity index (χ0) is 16.1. The van der Waals surface area contributed by atoms with E-state index >= 15 is 0 Å². The van der Waals surface area contributed by atoms with Gasteiger partial charge < -0.3 is 11.1 Å². The second kappa shape index (κ2) is 7.37. The first-order valence-electron chi connectivity index (χ1n) is 8.26. The fourth-order valence-electron chi connectivity index (χ4n) is 2.90. The van der Waals surface area contributed by atoms with E-state index in [2.05, 4.69) is 44.2 Å². The molecule has 0 atom stereocenters.